The minimum absolute atomic E-state index is 0.220. The van der Waals surface area contributed by atoms with Gasteiger partial charge in [-0.25, -0.2) is 0 Å². The fraction of sp³-hybridized carbons (Fsp3) is 0.450. The van der Waals surface area contributed by atoms with Crippen molar-refractivity contribution in [3.8, 4) is 0 Å². The number of imide groups is 1. The summed E-state index contributed by atoms with van der Waals surface area (Å²) in [4.78, 5) is 39.2. The molecule has 0 bridgehead atoms. The summed E-state index contributed by atoms with van der Waals surface area (Å²) in [7, 11) is 0. The molecule has 25 heavy (non-hydrogen) atoms. The Kier molecular flexibility index (Phi) is 4.75. The molecule has 1 aliphatic carbocycles. The Hall–Kier alpha value is -2.43. The van der Waals surface area contributed by atoms with Crippen LogP contribution < -0.4 is 5.32 Å². The Morgan fingerprint density at radius 1 is 1.20 bits per heavy atom. The lowest BCUT2D eigenvalue weighted by Crippen LogP contribution is -2.46. The van der Waals surface area contributed by atoms with Gasteiger partial charge in [-0.05, 0) is 44.2 Å². The zero-order valence-corrected chi connectivity index (χ0v) is 14.9. The van der Waals surface area contributed by atoms with Crippen LogP contribution in [-0.2, 0) is 20.8 Å². The van der Waals surface area contributed by atoms with E-state index in [-0.39, 0.29) is 29.6 Å². The maximum Gasteiger partial charge on any atom is 0.247 e. The number of amides is 3. The van der Waals surface area contributed by atoms with Gasteiger partial charge in [-0.3, -0.25) is 19.3 Å². The van der Waals surface area contributed by atoms with Gasteiger partial charge in [-0.15, -0.1) is 0 Å². The Labute approximate surface area is 148 Å². The van der Waals surface area contributed by atoms with E-state index in [0.717, 1.165) is 23.2 Å². The zero-order valence-electron chi connectivity index (χ0n) is 14.9. The summed E-state index contributed by atoms with van der Waals surface area (Å²) in [5.41, 5.74) is 2.79. The fourth-order valence-corrected chi connectivity index (χ4v) is 3.75. The first kappa shape index (κ1) is 17.4. The number of benzene rings is 1. The summed E-state index contributed by atoms with van der Waals surface area (Å²) in [6, 6.07) is 5.05. The molecule has 5 heteroatoms. The second kappa shape index (κ2) is 6.82. The molecular formula is C20H24N2O3. The van der Waals surface area contributed by atoms with Gasteiger partial charge in [0.1, 0.15) is 6.04 Å². The van der Waals surface area contributed by atoms with Gasteiger partial charge < -0.3 is 5.32 Å². The van der Waals surface area contributed by atoms with Crippen molar-refractivity contribution in [2.75, 3.05) is 5.32 Å². The number of likely N-dealkylation sites (tertiary alicyclic amines) is 1. The molecule has 1 aliphatic heterocycles. The van der Waals surface area contributed by atoms with Gasteiger partial charge in [0.05, 0.1) is 11.8 Å². The van der Waals surface area contributed by atoms with Crippen LogP contribution in [0.15, 0.2) is 30.4 Å². The molecule has 1 heterocycles. The number of rotatable bonds is 4. The lowest BCUT2D eigenvalue weighted by Gasteiger charge is -2.23. The quantitative estimate of drug-likeness (QED) is 0.677. The van der Waals surface area contributed by atoms with Crippen LogP contribution in [0, 0.1) is 18.8 Å². The number of hydrogen-bond acceptors (Lipinski definition) is 3. The van der Waals surface area contributed by atoms with Gasteiger partial charge >= 0.3 is 0 Å². The van der Waals surface area contributed by atoms with E-state index in [1.54, 1.807) is 6.92 Å². The number of para-hydroxylation sites is 1. The minimum Gasteiger partial charge on any atom is -0.324 e. The van der Waals surface area contributed by atoms with E-state index in [0.29, 0.717) is 12.8 Å². The number of aryl methyl sites for hydroxylation is 2. The van der Waals surface area contributed by atoms with E-state index in [1.165, 1.54) is 4.90 Å². The highest BCUT2D eigenvalue weighted by atomic mass is 16.2. The number of nitrogens with zero attached hydrogens (tertiary/aromatic N) is 1. The number of anilines is 1. The summed E-state index contributed by atoms with van der Waals surface area (Å²) >= 11 is 0. The van der Waals surface area contributed by atoms with E-state index >= 15 is 0 Å². The van der Waals surface area contributed by atoms with Crippen LogP contribution in [0.1, 0.15) is 37.8 Å². The van der Waals surface area contributed by atoms with E-state index in [2.05, 4.69) is 5.32 Å². The average Bonchev–Trinajstić information content (AvgIpc) is 2.87. The molecule has 2 aliphatic rings. The van der Waals surface area contributed by atoms with Crippen LogP contribution in [0.3, 0.4) is 0 Å². The molecule has 1 aromatic carbocycles. The Morgan fingerprint density at radius 2 is 1.80 bits per heavy atom. The number of carbonyl (C=O) groups is 3. The Morgan fingerprint density at radius 3 is 2.36 bits per heavy atom. The van der Waals surface area contributed by atoms with Crippen LogP contribution in [0.5, 0.6) is 0 Å². The summed E-state index contributed by atoms with van der Waals surface area (Å²) in [6.07, 6.45) is 5.85. The first-order valence-electron chi connectivity index (χ1n) is 8.87. The SMILES string of the molecule is CCc1cccc(C)c1NC(=O)[C@H](C)N1C(=O)[C@@H]2CC=CC[C@H]2C1=O. The van der Waals surface area contributed by atoms with E-state index in [1.807, 2.05) is 44.2 Å². The first-order valence-corrected chi connectivity index (χ1v) is 8.87. The highest BCUT2D eigenvalue weighted by molar-refractivity contribution is 6.10. The lowest BCUT2D eigenvalue weighted by atomic mass is 9.85. The van der Waals surface area contributed by atoms with E-state index in [4.69, 9.17) is 0 Å². The predicted octanol–water partition coefficient (Wildman–Crippen LogP) is 2.84. The molecular weight excluding hydrogens is 316 g/mol. The maximum absolute atomic E-state index is 12.7. The fourth-order valence-electron chi connectivity index (χ4n) is 3.75. The molecule has 0 spiro atoms. The second-order valence-corrected chi connectivity index (χ2v) is 6.83. The summed E-state index contributed by atoms with van der Waals surface area (Å²) in [5, 5.41) is 2.93. The van der Waals surface area contributed by atoms with Crippen LogP contribution in [0.2, 0.25) is 0 Å². The number of hydrogen-bond donors (Lipinski definition) is 1. The second-order valence-electron chi connectivity index (χ2n) is 6.83. The molecule has 5 nitrogen and oxygen atoms in total. The molecule has 1 aromatic rings. The Bertz CT molecular complexity index is 727. The average molecular weight is 340 g/mol. The third-order valence-electron chi connectivity index (χ3n) is 5.30. The van der Waals surface area contributed by atoms with Gasteiger partial charge in [0.25, 0.3) is 0 Å². The first-order chi connectivity index (χ1) is 12.0. The number of nitrogens with one attached hydrogen (secondary N) is 1. The topological polar surface area (TPSA) is 66.5 Å². The van der Waals surface area contributed by atoms with E-state index in [9.17, 15) is 14.4 Å². The van der Waals surface area contributed by atoms with Crippen LogP contribution >= 0.6 is 0 Å². The minimum atomic E-state index is -0.810. The van der Waals surface area contributed by atoms with Gasteiger partial charge in [-0.1, -0.05) is 37.3 Å². The highest BCUT2D eigenvalue weighted by Gasteiger charge is 2.50. The van der Waals surface area contributed by atoms with Crippen molar-refractivity contribution in [2.24, 2.45) is 11.8 Å². The third-order valence-corrected chi connectivity index (χ3v) is 5.30. The molecule has 132 valence electrons. The number of carbonyl (C=O) groups excluding carboxylic acids is 3. The molecule has 3 amide bonds. The molecule has 1 N–H and O–H groups in total. The van der Waals surface area contributed by atoms with E-state index < -0.39 is 6.04 Å². The highest BCUT2D eigenvalue weighted by Crippen LogP contribution is 2.36. The van der Waals surface area contributed by atoms with Crippen LogP contribution in [-0.4, -0.2) is 28.7 Å². The van der Waals surface area contributed by atoms with Gasteiger partial charge in [0.15, 0.2) is 0 Å². The van der Waals surface area contributed by atoms with Crippen molar-refractivity contribution < 1.29 is 14.4 Å². The third kappa shape index (κ3) is 2.99. The molecule has 3 rings (SSSR count). The van der Waals surface area contributed by atoms with Crippen LogP contribution in [0.4, 0.5) is 5.69 Å². The molecule has 3 atom stereocenters. The number of allylic oxidation sites excluding steroid dienone is 2. The molecule has 0 radical (unpaired) electrons. The van der Waals surface area contributed by atoms with Crippen molar-refractivity contribution in [2.45, 2.75) is 46.1 Å². The Balaban J connectivity index is 1.80. The molecule has 0 unspecified atom stereocenters. The van der Waals surface area contributed by atoms with Crippen molar-refractivity contribution in [1.82, 2.24) is 4.90 Å². The van der Waals surface area contributed by atoms with Gasteiger partial charge in [-0.2, -0.15) is 0 Å². The predicted molar refractivity (Wildman–Crippen MR) is 95.9 cm³/mol. The summed E-state index contributed by atoms with van der Waals surface area (Å²) < 4.78 is 0. The smallest absolute Gasteiger partial charge is 0.247 e. The van der Waals surface area contributed by atoms with Gasteiger partial charge in [0.2, 0.25) is 17.7 Å². The van der Waals surface area contributed by atoms with Crippen molar-refractivity contribution >= 4 is 23.4 Å². The van der Waals surface area contributed by atoms with Crippen LogP contribution in [0.25, 0.3) is 0 Å². The normalized spacial score (nSPS) is 23.6. The molecule has 1 fully saturated rings. The summed E-state index contributed by atoms with van der Waals surface area (Å²) in [6.45, 7) is 5.59. The van der Waals surface area contributed by atoms with Gasteiger partial charge in [0, 0.05) is 5.69 Å². The summed E-state index contributed by atoms with van der Waals surface area (Å²) in [5.74, 6) is -1.38. The maximum atomic E-state index is 12.7. The van der Waals surface area contributed by atoms with Crippen molar-refractivity contribution in [3.63, 3.8) is 0 Å². The molecule has 0 aromatic heterocycles. The lowest BCUT2D eigenvalue weighted by molar-refractivity contribution is -0.146. The van der Waals surface area contributed by atoms with Crippen molar-refractivity contribution in [3.05, 3.63) is 41.5 Å². The molecule has 1 saturated heterocycles. The monoisotopic (exact) mass is 340 g/mol. The van der Waals surface area contributed by atoms with Crippen molar-refractivity contribution in [1.29, 1.82) is 0 Å². The standard InChI is InChI=1S/C20H24N2O3/c1-4-14-9-7-8-12(2)17(14)21-18(23)13(3)22-19(24)15-10-5-6-11-16(15)20(22)25/h5-9,13,15-16H,4,10-11H2,1-3H3,(H,21,23)/t13-,15+,16+/m0/s1. The zero-order chi connectivity index (χ0) is 18.1. The number of fused-ring (bicyclic) bond motifs is 1. The largest absolute Gasteiger partial charge is 0.324 e. The molecule has 0 saturated carbocycles.